The van der Waals surface area contributed by atoms with E-state index in [1.54, 1.807) is 12.1 Å². The van der Waals surface area contributed by atoms with Gasteiger partial charge in [0.2, 0.25) is 0 Å². The highest BCUT2D eigenvalue weighted by molar-refractivity contribution is 5.31. The van der Waals surface area contributed by atoms with Crippen molar-refractivity contribution in [1.82, 2.24) is 5.32 Å². The number of rotatable bonds is 6. The summed E-state index contributed by atoms with van der Waals surface area (Å²) in [6.45, 7) is 4.50. The van der Waals surface area contributed by atoms with Crippen LogP contribution >= 0.6 is 0 Å². The van der Waals surface area contributed by atoms with Crippen molar-refractivity contribution in [2.24, 2.45) is 0 Å². The molecule has 0 amide bonds. The van der Waals surface area contributed by atoms with E-state index in [2.05, 4.69) is 10.1 Å². The molecule has 6 heteroatoms. The van der Waals surface area contributed by atoms with Crippen LogP contribution in [0.5, 0.6) is 5.75 Å². The van der Waals surface area contributed by atoms with Crippen LogP contribution < -0.4 is 10.1 Å². The standard InChI is InChI=1S/C13H18F3NO2/c1-3-17-12(2,8-9-18)10-4-6-11(7-5-10)19-13(14,15)16/h4-7,17-18H,3,8-9H2,1-2H3. The van der Waals surface area contributed by atoms with Crippen molar-refractivity contribution in [2.75, 3.05) is 13.2 Å². The summed E-state index contributed by atoms with van der Waals surface area (Å²) in [6.07, 6.45) is -4.21. The Morgan fingerprint density at radius 3 is 2.21 bits per heavy atom. The molecular weight excluding hydrogens is 259 g/mol. The van der Waals surface area contributed by atoms with Gasteiger partial charge in [0.15, 0.2) is 0 Å². The Morgan fingerprint density at radius 1 is 1.21 bits per heavy atom. The van der Waals surface area contributed by atoms with E-state index in [4.69, 9.17) is 5.11 Å². The Kier molecular flexibility index (Phi) is 5.20. The highest BCUT2D eigenvalue weighted by Crippen LogP contribution is 2.28. The highest BCUT2D eigenvalue weighted by atomic mass is 19.4. The quantitative estimate of drug-likeness (QED) is 0.840. The number of hydrogen-bond acceptors (Lipinski definition) is 3. The van der Waals surface area contributed by atoms with Gasteiger partial charge in [0.05, 0.1) is 0 Å². The van der Waals surface area contributed by atoms with Crippen LogP contribution in [0.4, 0.5) is 13.2 Å². The first-order chi connectivity index (χ1) is 8.80. The average molecular weight is 277 g/mol. The van der Waals surface area contributed by atoms with Crippen molar-refractivity contribution in [3.63, 3.8) is 0 Å². The summed E-state index contributed by atoms with van der Waals surface area (Å²) < 4.78 is 40.0. The molecule has 1 aromatic carbocycles. The van der Waals surface area contributed by atoms with E-state index in [-0.39, 0.29) is 12.4 Å². The number of halogens is 3. The highest BCUT2D eigenvalue weighted by Gasteiger charge is 2.31. The van der Waals surface area contributed by atoms with Gasteiger partial charge in [-0.3, -0.25) is 0 Å². The Hall–Kier alpha value is -1.27. The summed E-state index contributed by atoms with van der Waals surface area (Å²) in [7, 11) is 0. The van der Waals surface area contributed by atoms with Gasteiger partial charge in [-0.1, -0.05) is 19.1 Å². The lowest BCUT2D eigenvalue weighted by Crippen LogP contribution is -2.40. The van der Waals surface area contributed by atoms with Crippen LogP contribution in [0.25, 0.3) is 0 Å². The van der Waals surface area contributed by atoms with Crippen molar-refractivity contribution in [1.29, 1.82) is 0 Å². The van der Waals surface area contributed by atoms with Gasteiger partial charge in [0, 0.05) is 12.1 Å². The molecule has 0 fully saturated rings. The van der Waals surface area contributed by atoms with Crippen molar-refractivity contribution in [2.45, 2.75) is 32.2 Å². The summed E-state index contributed by atoms with van der Waals surface area (Å²) in [4.78, 5) is 0. The molecule has 0 bridgehead atoms. The zero-order valence-electron chi connectivity index (χ0n) is 10.9. The third kappa shape index (κ3) is 4.72. The monoisotopic (exact) mass is 277 g/mol. The summed E-state index contributed by atoms with van der Waals surface area (Å²) in [5.74, 6) is -0.251. The van der Waals surface area contributed by atoms with Crippen molar-refractivity contribution < 1.29 is 23.0 Å². The SMILES string of the molecule is CCNC(C)(CCO)c1ccc(OC(F)(F)F)cc1. The first-order valence-electron chi connectivity index (χ1n) is 6.03. The van der Waals surface area contributed by atoms with Crippen molar-refractivity contribution >= 4 is 0 Å². The summed E-state index contributed by atoms with van der Waals surface area (Å²) >= 11 is 0. The molecule has 0 saturated carbocycles. The lowest BCUT2D eigenvalue weighted by atomic mass is 9.89. The molecule has 0 aliphatic heterocycles. The Bertz CT molecular complexity index is 384. The number of alkyl halides is 3. The predicted molar refractivity (Wildman–Crippen MR) is 65.9 cm³/mol. The van der Waals surface area contributed by atoms with Crippen LogP contribution in [0.3, 0.4) is 0 Å². The Morgan fingerprint density at radius 2 is 1.79 bits per heavy atom. The second-order valence-electron chi connectivity index (χ2n) is 4.41. The molecular formula is C13H18F3NO2. The molecule has 2 N–H and O–H groups in total. The number of ether oxygens (including phenoxy) is 1. The van der Waals surface area contributed by atoms with E-state index in [1.807, 2.05) is 13.8 Å². The number of benzene rings is 1. The van der Waals surface area contributed by atoms with Gasteiger partial charge in [-0.2, -0.15) is 0 Å². The molecule has 19 heavy (non-hydrogen) atoms. The normalized spacial score (nSPS) is 15.1. The molecule has 1 aromatic rings. The first-order valence-corrected chi connectivity index (χ1v) is 6.03. The van der Waals surface area contributed by atoms with E-state index in [1.165, 1.54) is 12.1 Å². The van der Waals surface area contributed by atoms with Gasteiger partial charge in [0.1, 0.15) is 5.75 Å². The molecule has 3 nitrogen and oxygen atoms in total. The molecule has 108 valence electrons. The number of aliphatic hydroxyl groups excluding tert-OH is 1. The second-order valence-corrected chi connectivity index (χ2v) is 4.41. The summed E-state index contributed by atoms with van der Waals surface area (Å²) in [5, 5.41) is 12.3. The van der Waals surface area contributed by atoms with Crippen molar-refractivity contribution in [3.8, 4) is 5.75 Å². The number of aliphatic hydroxyl groups is 1. The third-order valence-electron chi connectivity index (χ3n) is 2.90. The minimum Gasteiger partial charge on any atom is -0.406 e. The van der Waals surface area contributed by atoms with Gasteiger partial charge in [0.25, 0.3) is 0 Å². The van der Waals surface area contributed by atoms with Crippen LogP contribution in [0.1, 0.15) is 25.8 Å². The molecule has 0 aliphatic carbocycles. The van der Waals surface area contributed by atoms with Crippen molar-refractivity contribution in [3.05, 3.63) is 29.8 Å². The molecule has 1 rings (SSSR count). The van der Waals surface area contributed by atoms with Crippen LogP contribution in [0, 0.1) is 0 Å². The lowest BCUT2D eigenvalue weighted by molar-refractivity contribution is -0.274. The van der Waals surface area contributed by atoms with E-state index >= 15 is 0 Å². The fourth-order valence-corrected chi connectivity index (χ4v) is 1.97. The van der Waals surface area contributed by atoms with Gasteiger partial charge in [-0.05, 0) is 37.6 Å². The van der Waals surface area contributed by atoms with Crippen LogP contribution in [-0.4, -0.2) is 24.6 Å². The van der Waals surface area contributed by atoms with Crippen LogP contribution in [-0.2, 0) is 5.54 Å². The van der Waals surface area contributed by atoms with Crippen LogP contribution in [0.15, 0.2) is 24.3 Å². The molecule has 1 unspecified atom stereocenters. The fraction of sp³-hybridized carbons (Fsp3) is 0.538. The average Bonchev–Trinajstić information content (AvgIpc) is 2.28. The second kappa shape index (κ2) is 6.25. The fourth-order valence-electron chi connectivity index (χ4n) is 1.97. The predicted octanol–water partition coefficient (Wildman–Crippen LogP) is 2.79. The molecule has 0 radical (unpaired) electrons. The first kappa shape index (κ1) is 15.8. The van der Waals surface area contributed by atoms with E-state index in [9.17, 15) is 13.2 Å². The van der Waals surface area contributed by atoms with Crippen LogP contribution in [0.2, 0.25) is 0 Å². The molecule has 0 spiro atoms. The maximum atomic E-state index is 12.0. The molecule has 0 aliphatic rings. The van der Waals surface area contributed by atoms with Gasteiger partial charge in [-0.15, -0.1) is 13.2 Å². The van der Waals surface area contributed by atoms with Gasteiger partial charge in [-0.25, -0.2) is 0 Å². The summed E-state index contributed by atoms with van der Waals surface area (Å²) in [5.41, 5.74) is 0.332. The minimum atomic E-state index is -4.68. The molecule has 0 saturated heterocycles. The smallest absolute Gasteiger partial charge is 0.406 e. The number of hydrogen-bond donors (Lipinski definition) is 2. The topological polar surface area (TPSA) is 41.5 Å². The molecule has 0 heterocycles. The number of nitrogens with one attached hydrogen (secondary N) is 1. The lowest BCUT2D eigenvalue weighted by Gasteiger charge is -2.30. The molecule has 0 aromatic heterocycles. The third-order valence-corrected chi connectivity index (χ3v) is 2.90. The zero-order valence-corrected chi connectivity index (χ0v) is 10.9. The Balaban J connectivity index is 2.89. The maximum Gasteiger partial charge on any atom is 0.573 e. The minimum absolute atomic E-state index is 0.00962. The zero-order chi connectivity index (χ0) is 14.5. The molecule has 1 atom stereocenters. The van der Waals surface area contributed by atoms with Gasteiger partial charge < -0.3 is 15.2 Å². The summed E-state index contributed by atoms with van der Waals surface area (Å²) in [6, 6.07) is 5.68. The van der Waals surface area contributed by atoms with E-state index in [0.29, 0.717) is 13.0 Å². The Labute approximate surface area is 110 Å². The largest absolute Gasteiger partial charge is 0.573 e. The van der Waals surface area contributed by atoms with E-state index < -0.39 is 11.9 Å². The van der Waals surface area contributed by atoms with E-state index in [0.717, 1.165) is 5.56 Å². The van der Waals surface area contributed by atoms with Gasteiger partial charge >= 0.3 is 6.36 Å². The maximum absolute atomic E-state index is 12.0.